The van der Waals surface area contributed by atoms with Gasteiger partial charge in [0.05, 0.1) is 7.11 Å². The Bertz CT molecular complexity index is 357. The van der Waals surface area contributed by atoms with Crippen LogP contribution in [0.5, 0.6) is 0 Å². The summed E-state index contributed by atoms with van der Waals surface area (Å²) in [5, 5.41) is 0. The minimum Gasteiger partial charge on any atom is -0.465 e. The Balaban J connectivity index is 3.29. The first kappa shape index (κ1) is 11.0. The second-order valence-electron chi connectivity index (χ2n) is 2.36. The summed E-state index contributed by atoms with van der Waals surface area (Å²) in [5.41, 5.74) is -0.622. The normalized spacial score (nSPS) is 10.4. The van der Waals surface area contributed by atoms with Crippen molar-refractivity contribution in [2.45, 2.75) is 6.43 Å². The molecule has 0 aliphatic rings. The minimum absolute atomic E-state index is 0.0575. The molecule has 3 nitrogen and oxygen atoms in total. The monoisotopic (exact) mass is 265 g/mol. The molecule has 14 heavy (non-hydrogen) atoms. The molecule has 0 fully saturated rings. The SMILES string of the molecule is COC(=O)c1c(C(F)F)ccnc1Br. The number of halogens is 3. The van der Waals surface area contributed by atoms with Crippen molar-refractivity contribution in [3.8, 4) is 0 Å². The number of methoxy groups -OCH3 is 1. The highest BCUT2D eigenvalue weighted by Gasteiger charge is 2.22. The fourth-order valence-electron chi connectivity index (χ4n) is 0.936. The maximum absolute atomic E-state index is 12.4. The van der Waals surface area contributed by atoms with E-state index >= 15 is 0 Å². The van der Waals surface area contributed by atoms with Gasteiger partial charge in [-0.05, 0) is 22.0 Å². The molecule has 1 rings (SSSR count). The molecule has 0 spiro atoms. The van der Waals surface area contributed by atoms with Crippen LogP contribution in [0.4, 0.5) is 8.78 Å². The van der Waals surface area contributed by atoms with Gasteiger partial charge in [-0.3, -0.25) is 0 Å². The van der Waals surface area contributed by atoms with Gasteiger partial charge >= 0.3 is 5.97 Å². The zero-order chi connectivity index (χ0) is 10.7. The van der Waals surface area contributed by atoms with Gasteiger partial charge in [-0.2, -0.15) is 0 Å². The zero-order valence-corrected chi connectivity index (χ0v) is 8.72. The van der Waals surface area contributed by atoms with Crippen LogP contribution >= 0.6 is 15.9 Å². The molecule has 0 N–H and O–H groups in total. The van der Waals surface area contributed by atoms with E-state index in [1.807, 2.05) is 0 Å². The molecule has 0 radical (unpaired) electrons. The Labute approximate surface area is 87.2 Å². The van der Waals surface area contributed by atoms with E-state index in [2.05, 4.69) is 25.7 Å². The van der Waals surface area contributed by atoms with Crippen molar-refractivity contribution in [2.24, 2.45) is 0 Å². The van der Waals surface area contributed by atoms with E-state index in [-0.39, 0.29) is 10.2 Å². The molecule has 76 valence electrons. The van der Waals surface area contributed by atoms with Crippen molar-refractivity contribution < 1.29 is 18.3 Å². The predicted molar refractivity (Wildman–Crippen MR) is 48.2 cm³/mol. The van der Waals surface area contributed by atoms with Gasteiger partial charge in [-0.15, -0.1) is 0 Å². The molecule has 0 atom stereocenters. The van der Waals surface area contributed by atoms with Crippen LogP contribution in [0.3, 0.4) is 0 Å². The molecule has 1 heterocycles. The molecule has 0 aliphatic heterocycles. The third-order valence-corrected chi connectivity index (χ3v) is 2.16. The molecule has 0 unspecified atom stereocenters. The predicted octanol–water partition coefficient (Wildman–Crippen LogP) is 2.57. The molecule has 0 bridgehead atoms. The summed E-state index contributed by atoms with van der Waals surface area (Å²) in [6.07, 6.45) is -1.54. The molecule has 0 saturated carbocycles. The Kier molecular flexibility index (Phi) is 3.51. The number of nitrogens with zero attached hydrogens (tertiary/aromatic N) is 1. The van der Waals surface area contributed by atoms with Gasteiger partial charge in [-0.25, -0.2) is 18.6 Å². The third-order valence-electron chi connectivity index (χ3n) is 1.56. The van der Waals surface area contributed by atoms with Gasteiger partial charge in [-0.1, -0.05) is 0 Å². The number of carbonyl (C=O) groups is 1. The highest BCUT2D eigenvalue weighted by atomic mass is 79.9. The van der Waals surface area contributed by atoms with Crippen LogP contribution in [0.25, 0.3) is 0 Å². The first-order chi connectivity index (χ1) is 6.57. The average Bonchev–Trinajstić information content (AvgIpc) is 2.16. The molecule has 0 saturated heterocycles. The number of carbonyl (C=O) groups excluding carboxylic acids is 1. The number of alkyl halides is 2. The molecule has 1 aromatic heterocycles. The van der Waals surface area contributed by atoms with Gasteiger partial charge in [0.2, 0.25) is 0 Å². The molecule has 0 amide bonds. The molecule has 0 aromatic carbocycles. The van der Waals surface area contributed by atoms with Crippen LogP contribution in [0.15, 0.2) is 16.9 Å². The summed E-state index contributed by atoms with van der Waals surface area (Å²) < 4.78 is 29.3. The first-order valence-corrected chi connectivity index (χ1v) is 4.38. The number of hydrogen-bond donors (Lipinski definition) is 0. The maximum Gasteiger partial charge on any atom is 0.341 e. The van der Waals surface area contributed by atoms with Crippen molar-refractivity contribution in [2.75, 3.05) is 7.11 Å². The van der Waals surface area contributed by atoms with E-state index in [9.17, 15) is 13.6 Å². The van der Waals surface area contributed by atoms with Crippen LogP contribution in [0.1, 0.15) is 22.3 Å². The quantitative estimate of drug-likeness (QED) is 0.610. The lowest BCUT2D eigenvalue weighted by atomic mass is 10.1. The standard InChI is InChI=1S/C8H6BrF2NO2/c1-14-8(13)5-4(7(10)11)2-3-12-6(5)9/h2-3,7H,1H3. The largest absolute Gasteiger partial charge is 0.465 e. The second-order valence-corrected chi connectivity index (χ2v) is 3.11. The van der Waals surface area contributed by atoms with Crippen LogP contribution in [0.2, 0.25) is 0 Å². The molecule has 0 aliphatic carbocycles. The topological polar surface area (TPSA) is 39.2 Å². The summed E-state index contributed by atoms with van der Waals surface area (Å²) in [7, 11) is 1.12. The van der Waals surface area contributed by atoms with Crippen LogP contribution in [-0.2, 0) is 4.74 Å². The summed E-state index contributed by atoms with van der Waals surface area (Å²) in [6, 6.07) is 1.08. The van der Waals surface area contributed by atoms with Gasteiger partial charge in [0.25, 0.3) is 6.43 Å². The van der Waals surface area contributed by atoms with Gasteiger partial charge < -0.3 is 4.74 Å². The Morgan fingerprint density at radius 3 is 2.79 bits per heavy atom. The number of aromatic nitrogens is 1. The zero-order valence-electron chi connectivity index (χ0n) is 7.13. The van der Waals surface area contributed by atoms with E-state index in [0.717, 1.165) is 13.2 Å². The highest BCUT2D eigenvalue weighted by Crippen LogP contribution is 2.27. The lowest BCUT2D eigenvalue weighted by molar-refractivity contribution is 0.0587. The smallest absolute Gasteiger partial charge is 0.341 e. The Morgan fingerprint density at radius 2 is 2.29 bits per heavy atom. The van der Waals surface area contributed by atoms with Gasteiger partial charge in [0.15, 0.2) is 0 Å². The van der Waals surface area contributed by atoms with Gasteiger partial charge in [0.1, 0.15) is 10.2 Å². The number of pyridine rings is 1. The lowest BCUT2D eigenvalue weighted by Gasteiger charge is -2.07. The summed E-state index contributed by atoms with van der Waals surface area (Å²) in [5.74, 6) is -0.833. The fourth-order valence-corrected chi connectivity index (χ4v) is 1.44. The Hall–Kier alpha value is -1.04. The van der Waals surface area contributed by atoms with Crippen molar-refractivity contribution in [3.05, 3.63) is 28.0 Å². The van der Waals surface area contributed by atoms with E-state index in [4.69, 9.17) is 0 Å². The molecular weight excluding hydrogens is 260 g/mol. The van der Waals surface area contributed by atoms with E-state index in [0.29, 0.717) is 0 Å². The number of hydrogen-bond acceptors (Lipinski definition) is 3. The molecule has 6 heteroatoms. The lowest BCUT2D eigenvalue weighted by Crippen LogP contribution is -2.08. The van der Waals surface area contributed by atoms with E-state index < -0.39 is 18.0 Å². The van der Waals surface area contributed by atoms with Gasteiger partial charge in [0, 0.05) is 11.8 Å². The van der Waals surface area contributed by atoms with E-state index in [1.165, 1.54) is 6.20 Å². The number of rotatable bonds is 2. The summed E-state index contributed by atoms with van der Waals surface area (Å²) in [4.78, 5) is 14.8. The first-order valence-electron chi connectivity index (χ1n) is 3.58. The van der Waals surface area contributed by atoms with Crippen molar-refractivity contribution in [3.63, 3.8) is 0 Å². The van der Waals surface area contributed by atoms with Crippen LogP contribution in [-0.4, -0.2) is 18.1 Å². The fraction of sp³-hybridized carbons (Fsp3) is 0.250. The van der Waals surface area contributed by atoms with E-state index in [1.54, 1.807) is 0 Å². The van der Waals surface area contributed by atoms with Crippen molar-refractivity contribution >= 4 is 21.9 Å². The van der Waals surface area contributed by atoms with Crippen molar-refractivity contribution in [1.82, 2.24) is 4.98 Å². The summed E-state index contributed by atoms with van der Waals surface area (Å²) in [6.45, 7) is 0. The Morgan fingerprint density at radius 1 is 1.64 bits per heavy atom. The molecule has 1 aromatic rings. The minimum atomic E-state index is -2.73. The average molecular weight is 266 g/mol. The highest BCUT2D eigenvalue weighted by molar-refractivity contribution is 9.10. The van der Waals surface area contributed by atoms with Crippen molar-refractivity contribution in [1.29, 1.82) is 0 Å². The summed E-state index contributed by atoms with van der Waals surface area (Å²) >= 11 is 2.91. The number of ether oxygens (including phenoxy) is 1. The molecular formula is C8H6BrF2NO2. The van der Waals surface area contributed by atoms with Crippen LogP contribution < -0.4 is 0 Å². The number of esters is 1. The third kappa shape index (κ3) is 2.06. The van der Waals surface area contributed by atoms with Crippen LogP contribution in [0, 0.1) is 0 Å². The maximum atomic E-state index is 12.4. The second kappa shape index (κ2) is 4.45.